The summed E-state index contributed by atoms with van der Waals surface area (Å²) in [7, 11) is 0. The van der Waals surface area contributed by atoms with E-state index in [9.17, 15) is 0 Å². The third kappa shape index (κ3) is 3.16. The van der Waals surface area contributed by atoms with E-state index in [0.717, 1.165) is 36.7 Å². The number of benzene rings is 1. The molecule has 0 amide bonds. The molecule has 1 aliphatic carbocycles. The molecule has 1 heterocycles. The zero-order valence-corrected chi connectivity index (χ0v) is 12.5. The lowest BCUT2D eigenvalue weighted by atomic mass is 10.1. The van der Waals surface area contributed by atoms with Crippen molar-refractivity contribution < 1.29 is 4.74 Å². The van der Waals surface area contributed by atoms with Crippen LogP contribution in [0.5, 0.6) is 10.9 Å². The van der Waals surface area contributed by atoms with Crippen molar-refractivity contribution in [3.05, 3.63) is 34.3 Å². The van der Waals surface area contributed by atoms with Crippen molar-refractivity contribution in [1.29, 1.82) is 0 Å². The highest BCUT2D eigenvalue weighted by Gasteiger charge is 2.12. The Hall–Kier alpha value is -1.46. The van der Waals surface area contributed by atoms with E-state index in [1.54, 1.807) is 0 Å². The van der Waals surface area contributed by atoms with Gasteiger partial charge in [0.1, 0.15) is 10.8 Å². The average Bonchev–Trinajstić information content (AvgIpc) is 3.08. The Bertz CT molecular complexity index is 582. The molecular formula is C15H19N3OS. The van der Waals surface area contributed by atoms with Gasteiger partial charge in [0.25, 0.3) is 5.19 Å². The summed E-state index contributed by atoms with van der Waals surface area (Å²) in [5.74, 6) is 0.870. The first-order valence-electron chi connectivity index (χ1n) is 7.18. The van der Waals surface area contributed by atoms with Gasteiger partial charge in [-0.3, -0.25) is 0 Å². The SMILES string of the molecule is CCCNCc1nnc(Oc2ccc3c(c2)CCC3)s1. The Labute approximate surface area is 123 Å². The molecule has 0 aliphatic heterocycles. The second kappa shape index (κ2) is 6.33. The van der Waals surface area contributed by atoms with E-state index in [4.69, 9.17) is 4.74 Å². The van der Waals surface area contributed by atoms with Crippen molar-refractivity contribution >= 4 is 11.3 Å². The summed E-state index contributed by atoms with van der Waals surface area (Å²) in [6.45, 7) is 3.91. The normalized spacial score (nSPS) is 13.4. The largest absolute Gasteiger partial charge is 0.430 e. The summed E-state index contributed by atoms with van der Waals surface area (Å²) in [6.07, 6.45) is 4.73. The van der Waals surface area contributed by atoms with Crippen molar-refractivity contribution in [2.45, 2.75) is 39.2 Å². The van der Waals surface area contributed by atoms with Gasteiger partial charge in [0.15, 0.2) is 0 Å². The van der Waals surface area contributed by atoms with Crippen LogP contribution in [-0.2, 0) is 19.4 Å². The Morgan fingerprint density at radius 3 is 3.05 bits per heavy atom. The molecule has 4 nitrogen and oxygen atoms in total. The molecule has 0 fully saturated rings. The summed E-state index contributed by atoms with van der Waals surface area (Å²) < 4.78 is 5.81. The zero-order valence-electron chi connectivity index (χ0n) is 11.7. The van der Waals surface area contributed by atoms with Crippen molar-refractivity contribution in [1.82, 2.24) is 15.5 Å². The van der Waals surface area contributed by atoms with Crippen LogP contribution in [0.1, 0.15) is 35.9 Å². The molecule has 1 N–H and O–H groups in total. The molecule has 20 heavy (non-hydrogen) atoms. The second-order valence-corrected chi connectivity index (χ2v) is 6.05. The molecule has 0 unspecified atom stereocenters. The van der Waals surface area contributed by atoms with Gasteiger partial charge in [-0.05, 0) is 55.5 Å². The summed E-state index contributed by atoms with van der Waals surface area (Å²) in [4.78, 5) is 0. The van der Waals surface area contributed by atoms with Crippen LogP contribution in [-0.4, -0.2) is 16.7 Å². The van der Waals surface area contributed by atoms with Gasteiger partial charge >= 0.3 is 0 Å². The third-order valence-electron chi connectivity index (χ3n) is 3.43. The fraction of sp³-hybridized carbons (Fsp3) is 0.467. The number of hydrogen-bond acceptors (Lipinski definition) is 5. The van der Waals surface area contributed by atoms with Crippen LogP contribution in [0.3, 0.4) is 0 Å². The van der Waals surface area contributed by atoms with E-state index in [1.165, 1.54) is 35.3 Å². The Morgan fingerprint density at radius 1 is 1.25 bits per heavy atom. The predicted octanol–water partition coefficient (Wildman–Crippen LogP) is 3.32. The Balaban J connectivity index is 1.63. The van der Waals surface area contributed by atoms with Crippen molar-refractivity contribution in [3.63, 3.8) is 0 Å². The van der Waals surface area contributed by atoms with Crippen LogP contribution in [0.25, 0.3) is 0 Å². The van der Waals surface area contributed by atoms with E-state index in [1.807, 2.05) is 6.07 Å². The fourth-order valence-electron chi connectivity index (χ4n) is 2.44. The lowest BCUT2D eigenvalue weighted by Crippen LogP contribution is -2.13. The lowest BCUT2D eigenvalue weighted by Gasteiger charge is -2.04. The second-order valence-electron chi connectivity index (χ2n) is 5.02. The van der Waals surface area contributed by atoms with E-state index in [0.29, 0.717) is 5.19 Å². The van der Waals surface area contributed by atoms with Crippen LogP contribution >= 0.6 is 11.3 Å². The molecule has 0 atom stereocenters. The van der Waals surface area contributed by atoms with Gasteiger partial charge in [-0.1, -0.05) is 29.4 Å². The highest BCUT2D eigenvalue weighted by Crippen LogP contribution is 2.30. The molecule has 1 aromatic carbocycles. The number of hydrogen-bond donors (Lipinski definition) is 1. The third-order valence-corrected chi connectivity index (χ3v) is 4.23. The first-order chi connectivity index (χ1) is 9.85. The molecule has 0 bridgehead atoms. The van der Waals surface area contributed by atoms with E-state index in [-0.39, 0.29) is 0 Å². The predicted molar refractivity (Wildman–Crippen MR) is 80.4 cm³/mol. The first-order valence-corrected chi connectivity index (χ1v) is 7.99. The molecule has 0 radical (unpaired) electrons. The molecule has 0 saturated heterocycles. The summed E-state index contributed by atoms with van der Waals surface area (Å²) in [5, 5.41) is 13.1. The van der Waals surface area contributed by atoms with Crippen LogP contribution < -0.4 is 10.1 Å². The lowest BCUT2D eigenvalue weighted by molar-refractivity contribution is 0.472. The maximum atomic E-state index is 5.81. The van der Waals surface area contributed by atoms with Crippen LogP contribution in [0.2, 0.25) is 0 Å². The number of ether oxygens (including phenoxy) is 1. The maximum Gasteiger partial charge on any atom is 0.299 e. The van der Waals surface area contributed by atoms with E-state index >= 15 is 0 Å². The molecule has 1 aromatic heterocycles. The van der Waals surface area contributed by atoms with Crippen molar-refractivity contribution in [3.8, 4) is 10.9 Å². The van der Waals surface area contributed by atoms with E-state index in [2.05, 4.69) is 34.6 Å². The standard InChI is InChI=1S/C15H19N3OS/c1-2-8-16-10-14-17-18-15(20-14)19-13-7-6-11-4-3-5-12(11)9-13/h6-7,9,16H,2-5,8,10H2,1H3. The minimum atomic E-state index is 0.622. The Kier molecular flexibility index (Phi) is 4.28. The number of nitrogens with one attached hydrogen (secondary N) is 1. The number of rotatable bonds is 6. The van der Waals surface area contributed by atoms with Gasteiger partial charge in [0.2, 0.25) is 0 Å². The smallest absolute Gasteiger partial charge is 0.299 e. The highest BCUT2D eigenvalue weighted by molar-refractivity contribution is 7.13. The van der Waals surface area contributed by atoms with Gasteiger partial charge in [-0.15, -0.1) is 5.10 Å². The quantitative estimate of drug-likeness (QED) is 0.829. The maximum absolute atomic E-state index is 5.81. The average molecular weight is 289 g/mol. The first kappa shape index (κ1) is 13.5. The zero-order chi connectivity index (χ0) is 13.8. The van der Waals surface area contributed by atoms with Crippen molar-refractivity contribution in [2.75, 3.05) is 6.54 Å². The molecule has 2 aromatic rings. The summed E-state index contributed by atoms with van der Waals surface area (Å²) >= 11 is 1.50. The fourth-order valence-corrected chi connectivity index (χ4v) is 3.11. The van der Waals surface area contributed by atoms with Gasteiger partial charge in [0.05, 0.1) is 0 Å². The number of fused-ring (bicyclic) bond motifs is 1. The van der Waals surface area contributed by atoms with Crippen LogP contribution in [0.15, 0.2) is 18.2 Å². The minimum Gasteiger partial charge on any atom is -0.430 e. The summed E-state index contributed by atoms with van der Waals surface area (Å²) in [5.41, 5.74) is 2.87. The van der Waals surface area contributed by atoms with E-state index < -0.39 is 0 Å². The van der Waals surface area contributed by atoms with Gasteiger partial charge < -0.3 is 10.1 Å². The molecule has 1 aliphatic rings. The molecular weight excluding hydrogens is 270 g/mol. The Morgan fingerprint density at radius 2 is 2.15 bits per heavy atom. The molecule has 5 heteroatoms. The van der Waals surface area contributed by atoms with Gasteiger partial charge in [-0.25, -0.2) is 0 Å². The number of aromatic nitrogens is 2. The van der Waals surface area contributed by atoms with Gasteiger partial charge in [-0.2, -0.15) is 0 Å². The summed E-state index contributed by atoms with van der Waals surface area (Å²) in [6, 6.07) is 6.34. The molecule has 0 saturated carbocycles. The number of nitrogens with zero attached hydrogens (tertiary/aromatic N) is 2. The monoisotopic (exact) mass is 289 g/mol. The van der Waals surface area contributed by atoms with Crippen LogP contribution in [0.4, 0.5) is 0 Å². The van der Waals surface area contributed by atoms with Crippen molar-refractivity contribution in [2.24, 2.45) is 0 Å². The molecule has 3 rings (SSSR count). The van der Waals surface area contributed by atoms with Crippen LogP contribution in [0, 0.1) is 0 Å². The molecule has 0 spiro atoms. The highest BCUT2D eigenvalue weighted by atomic mass is 32.1. The van der Waals surface area contributed by atoms with Gasteiger partial charge in [0, 0.05) is 6.54 Å². The minimum absolute atomic E-state index is 0.622. The number of aryl methyl sites for hydroxylation is 2. The topological polar surface area (TPSA) is 47.0 Å². The molecule has 106 valence electrons.